The number of nitrogens with zero attached hydrogens (tertiary/aromatic N) is 2. The average Bonchev–Trinajstić information content (AvgIpc) is 2.66. The maximum absolute atomic E-state index is 11.5. The third kappa shape index (κ3) is 3.70. The molecule has 1 N–H and O–H groups in total. The molecule has 0 bridgehead atoms. The minimum Gasteiger partial charge on any atom is -0.324 e. The van der Waals surface area contributed by atoms with Crippen LogP contribution in [0, 0.1) is 0 Å². The second kappa shape index (κ2) is 7.10. The first-order chi connectivity index (χ1) is 13.0. The van der Waals surface area contributed by atoms with Crippen LogP contribution >= 0.6 is 0 Å². The van der Waals surface area contributed by atoms with E-state index in [4.69, 9.17) is 9.97 Å². The fourth-order valence-corrected chi connectivity index (χ4v) is 3.63. The van der Waals surface area contributed by atoms with E-state index in [1.54, 1.807) is 0 Å². The molecule has 3 heterocycles. The smallest absolute Gasteiger partial charge is 0.224 e. The number of aryl methyl sites for hydroxylation is 1. The Morgan fingerprint density at radius 3 is 2.56 bits per heavy atom. The van der Waals surface area contributed by atoms with E-state index in [-0.39, 0.29) is 5.91 Å². The van der Waals surface area contributed by atoms with Crippen molar-refractivity contribution >= 4 is 22.5 Å². The summed E-state index contributed by atoms with van der Waals surface area (Å²) in [6.45, 7) is 6.55. The zero-order valence-electron chi connectivity index (χ0n) is 16.1. The second-order valence-electron chi connectivity index (χ2n) is 7.80. The summed E-state index contributed by atoms with van der Waals surface area (Å²) in [5.74, 6) is 0.811. The number of carbonyl (C=O) groups is 1. The van der Waals surface area contributed by atoms with Gasteiger partial charge in [-0.25, -0.2) is 0 Å². The van der Waals surface area contributed by atoms with Gasteiger partial charge in [0.25, 0.3) is 0 Å². The Balaban J connectivity index is 1.57. The molecule has 1 aliphatic heterocycles. The van der Waals surface area contributed by atoms with E-state index in [1.807, 2.05) is 12.1 Å². The van der Waals surface area contributed by atoms with Crippen molar-refractivity contribution in [2.45, 2.75) is 51.9 Å². The highest BCUT2D eigenvalue weighted by Crippen LogP contribution is 2.26. The summed E-state index contributed by atoms with van der Waals surface area (Å²) in [5, 5.41) is 4.08. The van der Waals surface area contributed by atoms with Crippen LogP contribution in [0.15, 0.2) is 42.5 Å². The lowest BCUT2D eigenvalue weighted by molar-refractivity contribution is -0.116. The Kier molecular flexibility index (Phi) is 4.65. The molecular weight excluding hydrogens is 334 g/mol. The molecule has 2 aromatic heterocycles. The molecule has 4 heteroatoms. The number of nitrogens with one attached hydrogen (secondary N) is 1. The van der Waals surface area contributed by atoms with Crippen LogP contribution in [0.3, 0.4) is 0 Å². The Labute approximate surface area is 160 Å². The van der Waals surface area contributed by atoms with Crippen LogP contribution < -0.4 is 5.32 Å². The van der Waals surface area contributed by atoms with Gasteiger partial charge in [-0.2, -0.15) is 0 Å². The average molecular weight is 359 g/mol. The maximum Gasteiger partial charge on any atom is 0.224 e. The molecule has 1 atom stereocenters. The minimum atomic E-state index is 0.0783. The lowest BCUT2D eigenvalue weighted by Crippen LogP contribution is -2.20. The zero-order valence-corrected chi connectivity index (χ0v) is 16.1. The molecular formula is C23H25N3O. The number of hydrogen-bond acceptors (Lipinski definition) is 3. The van der Waals surface area contributed by atoms with E-state index in [1.165, 1.54) is 10.9 Å². The number of amides is 1. The van der Waals surface area contributed by atoms with Crippen molar-refractivity contribution in [3.8, 4) is 0 Å². The largest absolute Gasteiger partial charge is 0.324 e. The highest BCUT2D eigenvalue weighted by molar-refractivity contribution is 5.93. The predicted octanol–water partition coefficient (Wildman–Crippen LogP) is 4.98. The summed E-state index contributed by atoms with van der Waals surface area (Å²) in [6, 6.07) is 14.8. The topological polar surface area (TPSA) is 54.9 Å². The second-order valence-corrected chi connectivity index (χ2v) is 7.80. The number of anilines is 1. The molecule has 0 fully saturated rings. The Bertz CT molecular complexity index is 1010. The minimum absolute atomic E-state index is 0.0783. The number of pyridine rings is 2. The monoisotopic (exact) mass is 359 g/mol. The molecule has 0 saturated carbocycles. The molecule has 4 nitrogen and oxygen atoms in total. The number of benzene rings is 1. The van der Waals surface area contributed by atoms with Crippen molar-refractivity contribution in [2.24, 2.45) is 0 Å². The Morgan fingerprint density at radius 1 is 0.963 bits per heavy atom. The summed E-state index contributed by atoms with van der Waals surface area (Å²) in [4.78, 5) is 21.2. The van der Waals surface area contributed by atoms with Gasteiger partial charge in [-0.05, 0) is 42.2 Å². The van der Waals surface area contributed by atoms with E-state index in [0.29, 0.717) is 18.3 Å². The lowest BCUT2D eigenvalue weighted by Gasteiger charge is -2.19. The predicted molar refractivity (Wildman–Crippen MR) is 109 cm³/mol. The summed E-state index contributed by atoms with van der Waals surface area (Å²) < 4.78 is 0. The van der Waals surface area contributed by atoms with Crippen LogP contribution in [0.4, 0.5) is 5.69 Å². The third-order valence-electron chi connectivity index (χ3n) is 5.28. The molecule has 1 amide bonds. The maximum atomic E-state index is 11.5. The van der Waals surface area contributed by atoms with Crippen molar-refractivity contribution in [3.05, 3.63) is 65.1 Å². The Hall–Kier alpha value is -2.75. The van der Waals surface area contributed by atoms with Crippen LogP contribution in [0.5, 0.6) is 0 Å². The molecule has 3 aromatic rings. The van der Waals surface area contributed by atoms with Gasteiger partial charge >= 0.3 is 0 Å². The Morgan fingerprint density at radius 2 is 1.74 bits per heavy atom. The fraction of sp³-hybridized carbons (Fsp3) is 0.348. The number of aromatic nitrogens is 2. The van der Waals surface area contributed by atoms with Gasteiger partial charge in [0.1, 0.15) is 0 Å². The summed E-state index contributed by atoms with van der Waals surface area (Å²) in [7, 11) is 0. The molecule has 4 rings (SSSR count). The zero-order chi connectivity index (χ0) is 19.0. The van der Waals surface area contributed by atoms with Gasteiger partial charge in [-0.1, -0.05) is 39.0 Å². The van der Waals surface area contributed by atoms with Gasteiger partial charge in [0.2, 0.25) is 5.91 Å². The summed E-state index contributed by atoms with van der Waals surface area (Å²) >= 11 is 0. The van der Waals surface area contributed by atoms with Crippen molar-refractivity contribution in [1.82, 2.24) is 9.97 Å². The van der Waals surface area contributed by atoms with Gasteiger partial charge < -0.3 is 5.32 Å². The molecule has 0 saturated heterocycles. The number of carbonyl (C=O) groups excluding carboxylic acids is 1. The highest BCUT2D eigenvalue weighted by Gasteiger charge is 2.18. The lowest BCUT2D eigenvalue weighted by atomic mass is 9.95. The normalized spacial score (nSPS) is 14.9. The molecule has 1 aromatic carbocycles. The quantitative estimate of drug-likeness (QED) is 0.714. The molecule has 27 heavy (non-hydrogen) atoms. The SMILES string of the molecule is CC(C)c1ccc2ccc(CC(C)c3ccc4c(n3)CCC(=O)N4)cc2n1. The van der Waals surface area contributed by atoms with Crippen LogP contribution in [0.1, 0.15) is 61.7 Å². The van der Waals surface area contributed by atoms with Crippen LogP contribution in [-0.4, -0.2) is 15.9 Å². The standard InChI is InChI=1S/C23H25N3O/c1-14(2)18-7-6-17-5-4-16(13-22(17)24-18)12-15(3)19-8-9-21-20(25-19)10-11-23(27)26-21/h4-9,13-15H,10-12H2,1-3H3,(H,26,27). The number of rotatable bonds is 4. The molecule has 138 valence electrons. The van der Waals surface area contributed by atoms with Gasteiger partial charge in [0, 0.05) is 35.5 Å². The summed E-state index contributed by atoms with van der Waals surface area (Å²) in [5.41, 5.74) is 6.40. The molecule has 0 radical (unpaired) electrons. The number of hydrogen-bond donors (Lipinski definition) is 1. The fourth-order valence-electron chi connectivity index (χ4n) is 3.63. The first kappa shape index (κ1) is 17.7. The van der Waals surface area contributed by atoms with E-state index in [9.17, 15) is 4.79 Å². The van der Waals surface area contributed by atoms with E-state index in [0.717, 1.165) is 41.1 Å². The van der Waals surface area contributed by atoms with E-state index >= 15 is 0 Å². The van der Waals surface area contributed by atoms with E-state index in [2.05, 4.69) is 56.4 Å². The van der Waals surface area contributed by atoms with Crippen LogP contribution in [0.2, 0.25) is 0 Å². The van der Waals surface area contributed by atoms with Gasteiger partial charge in [0.05, 0.1) is 16.9 Å². The van der Waals surface area contributed by atoms with Gasteiger partial charge in [-0.3, -0.25) is 14.8 Å². The van der Waals surface area contributed by atoms with Crippen molar-refractivity contribution in [1.29, 1.82) is 0 Å². The number of fused-ring (bicyclic) bond motifs is 2. The molecule has 0 spiro atoms. The molecule has 0 aliphatic carbocycles. The highest BCUT2D eigenvalue weighted by atomic mass is 16.1. The van der Waals surface area contributed by atoms with Crippen LogP contribution in [0.25, 0.3) is 10.9 Å². The third-order valence-corrected chi connectivity index (χ3v) is 5.28. The van der Waals surface area contributed by atoms with Gasteiger partial charge in [0.15, 0.2) is 0 Å². The van der Waals surface area contributed by atoms with Gasteiger partial charge in [-0.15, -0.1) is 0 Å². The van der Waals surface area contributed by atoms with Crippen molar-refractivity contribution < 1.29 is 4.79 Å². The molecule has 1 aliphatic rings. The molecule has 1 unspecified atom stereocenters. The van der Waals surface area contributed by atoms with E-state index < -0.39 is 0 Å². The summed E-state index contributed by atoms with van der Waals surface area (Å²) in [6.07, 6.45) is 2.16. The first-order valence-electron chi connectivity index (χ1n) is 9.69. The van der Waals surface area contributed by atoms with Crippen molar-refractivity contribution in [2.75, 3.05) is 5.32 Å². The van der Waals surface area contributed by atoms with Crippen LogP contribution in [-0.2, 0) is 17.6 Å². The first-order valence-corrected chi connectivity index (χ1v) is 9.69. The van der Waals surface area contributed by atoms with Crippen molar-refractivity contribution in [3.63, 3.8) is 0 Å².